The van der Waals surface area contributed by atoms with E-state index in [4.69, 9.17) is 14.2 Å². The van der Waals surface area contributed by atoms with Crippen LogP contribution in [0, 0.1) is 5.92 Å². The van der Waals surface area contributed by atoms with Gasteiger partial charge in [-0.3, -0.25) is 4.79 Å². The van der Waals surface area contributed by atoms with Gasteiger partial charge in [-0.05, 0) is 30.5 Å². The van der Waals surface area contributed by atoms with E-state index in [9.17, 15) is 9.59 Å². The van der Waals surface area contributed by atoms with Crippen LogP contribution in [0.3, 0.4) is 0 Å². The highest BCUT2D eigenvalue weighted by Gasteiger charge is 2.32. The Morgan fingerprint density at radius 1 is 1.22 bits per heavy atom. The molecule has 1 amide bonds. The van der Waals surface area contributed by atoms with Crippen LogP contribution in [0.25, 0.3) is 0 Å². The lowest BCUT2D eigenvalue weighted by Crippen LogP contribution is -2.30. The molecular weight excluding hydrogens is 298 g/mol. The van der Waals surface area contributed by atoms with Crippen LogP contribution >= 0.6 is 0 Å². The fraction of sp³-hybridized carbons (Fsp3) is 0.529. The topological polar surface area (TPSA) is 65.1 Å². The predicted octanol–water partition coefficient (Wildman–Crippen LogP) is 2.61. The Morgan fingerprint density at radius 2 is 1.96 bits per heavy atom. The Bertz CT molecular complexity index is 528. The van der Waals surface area contributed by atoms with Crippen LogP contribution in [0.2, 0.25) is 0 Å². The molecule has 23 heavy (non-hydrogen) atoms. The van der Waals surface area contributed by atoms with Crippen LogP contribution in [0.4, 0.5) is 4.79 Å². The van der Waals surface area contributed by atoms with Gasteiger partial charge in [-0.25, -0.2) is 4.79 Å². The first-order chi connectivity index (χ1) is 11.1. The molecule has 1 heterocycles. The van der Waals surface area contributed by atoms with Crippen LogP contribution < -0.4 is 4.74 Å². The second kappa shape index (κ2) is 8.41. The highest BCUT2D eigenvalue weighted by atomic mass is 16.6. The first kappa shape index (κ1) is 17.1. The van der Waals surface area contributed by atoms with Gasteiger partial charge < -0.3 is 19.1 Å². The summed E-state index contributed by atoms with van der Waals surface area (Å²) >= 11 is 0. The predicted molar refractivity (Wildman–Crippen MR) is 84.1 cm³/mol. The lowest BCUT2D eigenvalue weighted by Gasteiger charge is -2.16. The Balaban J connectivity index is 1.76. The van der Waals surface area contributed by atoms with Gasteiger partial charge in [0.2, 0.25) is 0 Å². The monoisotopic (exact) mass is 321 g/mol. The second-order valence-electron chi connectivity index (χ2n) is 5.50. The highest BCUT2D eigenvalue weighted by molar-refractivity contribution is 5.75. The zero-order valence-corrected chi connectivity index (χ0v) is 13.6. The van der Waals surface area contributed by atoms with Gasteiger partial charge in [-0.1, -0.05) is 19.1 Å². The largest absolute Gasteiger partial charge is 0.497 e. The van der Waals surface area contributed by atoms with Gasteiger partial charge in [0.05, 0.1) is 19.6 Å². The van der Waals surface area contributed by atoms with E-state index in [1.165, 1.54) is 0 Å². The molecule has 0 N–H and O–H groups in total. The third-order valence-electron chi connectivity index (χ3n) is 3.75. The van der Waals surface area contributed by atoms with Crippen molar-refractivity contribution in [3.05, 3.63) is 29.8 Å². The summed E-state index contributed by atoms with van der Waals surface area (Å²) in [6.07, 6.45) is 1.03. The number of carbonyl (C=O) groups is 2. The summed E-state index contributed by atoms with van der Waals surface area (Å²) in [4.78, 5) is 25.4. The molecule has 1 unspecified atom stereocenters. The van der Waals surface area contributed by atoms with Crippen LogP contribution in [-0.2, 0) is 20.9 Å². The Kier molecular flexibility index (Phi) is 6.26. The zero-order chi connectivity index (χ0) is 16.7. The zero-order valence-electron chi connectivity index (χ0n) is 13.6. The number of likely N-dealkylation sites (tertiary alicyclic amines) is 1. The van der Waals surface area contributed by atoms with Crippen molar-refractivity contribution in [1.29, 1.82) is 0 Å². The molecule has 1 saturated heterocycles. The van der Waals surface area contributed by atoms with Crippen LogP contribution in [-0.4, -0.2) is 43.8 Å². The van der Waals surface area contributed by atoms with Gasteiger partial charge in [0.1, 0.15) is 12.4 Å². The number of amides is 1. The average molecular weight is 321 g/mol. The van der Waals surface area contributed by atoms with Crippen molar-refractivity contribution in [3.8, 4) is 5.75 Å². The molecule has 6 heteroatoms. The Hall–Kier alpha value is -2.24. The Labute approximate surface area is 136 Å². The first-order valence-electron chi connectivity index (χ1n) is 7.85. The fourth-order valence-electron chi connectivity index (χ4n) is 2.40. The summed E-state index contributed by atoms with van der Waals surface area (Å²) in [6, 6.07) is 7.33. The smallest absolute Gasteiger partial charge is 0.410 e. The molecular formula is C17H23NO5. The maximum absolute atomic E-state index is 12.1. The van der Waals surface area contributed by atoms with E-state index < -0.39 is 6.09 Å². The summed E-state index contributed by atoms with van der Waals surface area (Å²) in [5, 5.41) is 0. The summed E-state index contributed by atoms with van der Waals surface area (Å²) < 4.78 is 15.5. The van der Waals surface area contributed by atoms with Crippen molar-refractivity contribution in [2.75, 3.05) is 26.8 Å². The molecule has 1 aliphatic rings. The van der Waals surface area contributed by atoms with Gasteiger partial charge in [0.15, 0.2) is 0 Å². The number of carbonyl (C=O) groups excluding carboxylic acids is 2. The van der Waals surface area contributed by atoms with E-state index in [0.717, 1.165) is 17.7 Å². The summed E-state index contributed by atoms with van der Waals surface area (Å²) in [5.41, 5.74) is 0.886. The van der Waals surface area contributed by atoms with Gasteiger partial charge in [-0.2, -0.15) is 0 Å². The van der Waals surface area contributed by atoms with Crippen molar-refractivity contribution in [2.45, 2.75) is 26.4 Å². The molecule has 1 aromatic carbocycles. The SMILES string of the molecule is CCCOC(=O)C1CCN(C(=O)OCc2ccc(OC)cc2)C1. The van der Waals surface area contributed by atoms with E-state index in [0.29, 0.717) is 26.1 Å². The number of hydrogen-bond acceptors (Lipinski definition) is 5. The van der Waals surface area contributed by atoms with Crippen LogP contribution in [0.1, 0.15) is 25.3 Å². The molecule has 0 radical (unpaired) electrons. The minimum atomic E-state index is -0.397. The van der Waals surface area contributed by atoms with E-state index in [-0.39, 0.29) is 18.5 Å². The normalized spacial score (nSPS) is 17.0. The second-order valence-corrected chi connectivity index (χ2v) is 5.50. The maximum atomic E-state index is 12.1. The number of nitrogens with zero attached hydrogens (tertiary/aromatic N) is 1. The fourth-order valence-corrected chi connectivity index (χ4v) is 2.40. The van der Waals surface area contributed by atoms with Gasteiger partial charge >= 0.3 is 12.1 Å². The molecule has 0 bridgehead atoms. The molecule has 1 aliphatic heterocycles. The van der Waals surface area contributed by atoms with E-state index >= 15 is 0 Å². The first-order valence-corrected chi connectivity index (χ1v) is 7.85. The molecule has 1 atom stereocenters. The lowest BCUT2D eigenvalue weighted by atomic mass is 10.1. The third-order valence-corrected chi connectivity index (χ3v) is 3.75. The quantitative estimate of drug-likeness (QED) is 0.754. The van der Waals surface area contributed by atoms with E-state index in [2.05, 4.69) is 0 Å². The number of esters is 1. The maximum Gasteiger partial charge on any atom is 0.410 e. The van der Waals surface area contributed by atoms with Crippen molar-refractivity contribution in [3.63, 3.8) is 0 Å². The van der Waals surface area contributed by atoms with Gasteiger partial charge in [0.25, 0.3) is 0 Å². The third kappa shape index (κ3) is 4.87. The lowest BCUT2D eigenvalue weighted by molar-refractivity contribution is -0.148. The molecule has 6 nitrogen and oxygen atoms in total. The van der Waals surface area contributed by atoms with Crippen LogP contribution in [0.5, 0.6) is 5.75 Å². The number of benzene rings is 1. The van der Waals surface area contributed by atoms with Crippen molar-refractivity contribution in [2.24, 2.45) is 5.92 Å². The number of methoxy groups -OCH3 is 1. The van der Waals surface area contributed by atoms with Crippen LogP contribution in [0.15, 0.2) is 24.3 Å². The van der Waals surface area contributed by atoms with Crippen molar-refractivity contribution in [1.82, 2.24) is 4.90 Å². The van der Waals surface area contributed by atoms with E-state index in [1.54, 1.807) is 12.0 Å². The van der Waals surface area contributed by atoms with E-state index in [1.807, 2.05) is 31.2 Å². The average Bonchev–Trinajstić information content (AvgIpc) is 3.08. The van der Waals surface area contributed by atoms with Gasteiger partial charge in [-0.15, -0.1) is 0 Å². The number of hydrogen-bond donors (Lipinski definition) is 0. The minimum Gasteiger partial charge on any atom is -0.497 e. The minimum absolute atomic E-state index is 0.199. The molecule has 126 valence electrons. The molecule has 1 fully saturated rings. The molecule has 0 aliphatic carbocycles. The molecule has 2 rings (SSSR count). The van der Waals surface area contributed by atoms with Crippen molar-refractivity contribution >= 4 is 12.1 Å². The summed E-state index contributed by atoms with van der Waals surface area (Å²) in [7, 11) is 1.60. The molecule has 1 aromatic rings. The van der Waals surface area contributed by atoms with Crippen molar-refractivity contribution < 1.29 is 23.8 Å². The summed E-state index contributed by atoms with van der Waals surface area (Å²) in [5.74, 6) is 0.292. The molecule has 0 spiro atoms. The molecule has 0 aromatic heterocycles. The number of rotatable bonds is 6. The standard InChI is InChI=1S/C17H23NO5/c1-3-10-22-16(19)14-8-9-18(11-14)17(20)23-12-13-4-6-15(21-2)7-5-13/h4-7,14H,3,8-12H2,1-2H3. The van der Waals surface area contributed by atoms with Gasteiger partial charge in [0, 0.05) is 13.1 Å². The summed E-state index contributed by atoms with van der Waals surface area (Å²) in [6.45, 7) is 3.46. The highest BCUT2D eigenvalue weighted by Crippen LogP contribution is 2.19. The Morgan fingerprint density at radius 3 is 2.61 bits per heavy atom. The number of ether oxygens (including phenoxy) is 3. The molecule has 0 saturated carbocycles.